The molecule has 0 radical (unpaired) electrons. The molecular formula is C22H31ClN6O2. The third-order valence-corrected chi connectivity index (χ3v) is 6.08. The van der Waals surface area contributed by atoms with Crippen molar-refractivity contribution in [1.82, 2.24) is 23.6 Å². The van der Waals surface area contributed by atoms with E-state index in [4.69, 9.17) is 0 Å². The molecule has 1 aliphatic heterocycles. The largest absolute Gasteiger partial charge is 0.369 e. The standard InChI is InChI=1S/C22H30N6O2.ClH/c1-24-20-19(21(29)25(2)22(24)30)28(17-23-20)12-8-4-7-11-26-13-15-27(16-14-26)18-9-5-3-6-10-18;/h3,5-6,9-10,17H,4,7-8,11-16H2,1-2H3;1H. The monoisotopic (exact) mass is 446 g/mol. The van der Waals surface area contributed by atoms with Crippen molar-refractivity contribution in [2.24, 2.45) is 14.1 Å². The predicted molar refractivity (Wildman–Crippen MR) is 126 cm³/mol. The number of para-hydroxylation sites is 1. The molecule has 0 aliphatic carbocycles. The lowest BCUT2D eigenvalue weighted by atomic mass is 10.2. The fourth-order valence-electron chi connectivity index (χ4n) is 4.23. The van der Waals surface area contributed by atoms with Gasteiger partial charge in [0.25, 0.3) is 5.56 Å². The molecule has 0 N–H and O–H groups in total. The summed E-state index contributed by atoms with van der Waals surface area (Å²) in [5.74, 6) is 0. The molecule has 31 heavy (non-hydrogen) atoms. The quantitative estimate of drug-likeness (QED) is 0.518. The molecule has 0 atom stereocenters. The normalized spacial score (nSPS) is 14.7. The maximum atomic E-state index is 12.5. The molecule has 168 valence electrons. The third kappa shape index (κ3) is 4.85. The number of nitrogens with zero attached hydrogens (tertiary/aromatic N) is 6. The highest BCUT2D eigenvalue weighted by Gasteiger charge is 2.17. The van der Waals surface area contributed by atoms with E-state index in [1.54, 1.807) is 13.4 Å². The van der Waals surface area contributed by atoms with Gasteiger partial charge in [0.2, 0.25) is 0 Å². The van der Waals surface area contributed by atoms with Crippen molar-refractivity contribution < 1.29 is 0 Å². The molecule has 8 nitrogen and oxygen atoms in total. The summed E-state index contributed by atoms with van der Waals surface area (Å²) in [7, 11) is 3.16. The van der Waals surface area contributed by atoms with Gasteiger partial charge in [0, 0.05) is 52.5 Å². The number of piperazine rings is 1. The summed E-state index contributed by atoms with van der Waals surface area (Å²) in [6.07, 6.45) is 4.91. The number of halogens is 1. The number of aryl methyl sites for hydroxylation is 2. The first kappa shape index (κ1) is 23.1. The summed E-state index contributed by atoms with van der Waals surface area (Å²) in [6.45, 7) is 6.21. The minimum absolute atomic E-state index is 0. The Morgan fingerprint density at radius 3 is 2.26 bits per heavy atom. The van der Waals surface area contributed by atoms with Crippen LogP contribution in [-0.4, -0.2) is 56.3 Å². The summed E-state index contributed by atoms with van der Waals surface area (Å²) in [6, 6.07) is 10.6. The number of unbranched alkanes of at least 4 members (excludes halogenated alkanes) is 2. The second kappa shape index (κ2) is 10.2. The predicted octanol–water partition coefficient (Wildman–Crippen LogP) is 1.85. The SMILES string of the molecule is Cl.Cn1c(=O)c2c(ncn2CCCCCN2CCN(c3ccccc3)CC2)n(C)c1=O. The average Bonchev–Trinajstić information content (AvgIpc) is 3.21. The summed E-state index contributed by atoms with van der Waals surface area (Å²) in [4.78, 5) is 33.8. The molecular weight excluding hydrogens is 416 g/mol. The molecule has 1 aromatic carbocycles. The second-order valence-corrected chi connectivity index (χ2v) is 8.04. The molecule has 1 fully saturated rings. The highest BCUT2D eigenvalue weighted by atomic mass is 35.5. The smallest absolute Gasteiger partial charge is 0.332 e. The van der Waals surface area contributed by atoms with Gasteiger partial charge in [0.15, 0.2) is 11.2 Å². The van der Waals surface area contributed by atoms with Crippen molar-refractivity contribution in [3.05, 3.63) is 57.5 Å². The number of aromatic nitrogens is 4. The van der Waals surface area contributed by atoms with Gasteiger partial charge in [-0.25, -0.2) is 9.78 Å². The molecule has 9 heteroatoms. The second-order valence-electron chi connectivity index (χ2n) is 8.04. The lowest BCUT2D eigenvalue weighted by Gasteiger charge is -2.36. The van der Waals surface area contributed by atoms with Crippen LogP contribution in [0.25, 0.3) is 11.2 Å². The van der Waals surface area contributed by atoms with Crippen LogP contribution < -0.4 is 16.1 Å². The Morgan fingerprint density at radius 2 is 1.55 bits per heavy atom. The van der Waals surface area contributed by atoms with Crippen molar-refractivity contribution in [3.8, 4) is 0 Å². The zero-order valence-electron chi connectivity index (χ0n) is 18.2. The summed E-state index contributed by atoms with van der Waals surface area (Å²) in [5, 5.41) is 0. The van der Waals surface area contributed by atoms with Crippen molar-refractivity contribution in [3.63, 3.8) is 0 Å². The van der Waals surface area contributed by atoms with E-state index < -0.39 is 0 Å². The van der Waals surface area contributed by atoms with Crippen LogP contribution in [0.4, 0.5) is 5.69 Å². The Kier molecular flexibility index (Phi) is 7.56. The Balaban J connectivity index is 0.00000272. The Morgan fingerprint density at radius 1 is 0.871 bits per heavy atom. The zero-order chi connectivity index (χ0) is 21.1. The lowest BCUT2D eigenvalue weighted by Crippen LogP contribution is -2.46. The van der Waals surface area contributed by atoms with Gasteiger partial charge in [-0.2, -0.15) is 0 Å². The summed E-state index contributed by atoms with van der Waals surface area (Å²) < 4.78 is 4.47. The van der Waals surface area contributed by atoms with E-state index >= 15 is 0 Å². The molecule has 0 saturated carbocycles. The highest BCUT2D eigenvalue weighted by molar-refractivity contribution is 5.85. The lowest BCUT2D eigenvalue weighted by molar-refractivity contribution is 0.251. The molecule has 1 aliphatic rings. The van der Waals surface area contributed by atoms with Crippen molar-refractivity contribution in [1.29, 1.82) is 0 Å². The van der Waals surface area contributed by atoms with E-state index in [0.717, 1.165) is 63.1 Å². The van der Waals surface area contributed by atoms with Gasteiger partial charge in [-0.05, 0) is 31.5 Å². The van der Waals surface area contributed by atoms with E-state index in [-0.39, 0.29) is 23.7 Å². The Bertz CT molecular complexity index is 1110. The van der Waals surface area contributed by atoms with Crippen LogP contribution in [0.1, 0.15) is 19.3 Å². The number of benzene rings is 1. The fourth-order valence-corrected chi connectivity index (χ4v) is 4.23. The zero-order valence-corrected chi connectivity index (χ0v) is 19.1. The van der Waals surface area contributed by atoms with Crippen molar-refractivity contribution in [2.75, 3.05) is 37.6 Å². The van der Waals surface area contributed by atoms with Gasteiger partial charge in [0.1, 0.15) is 0 Å². The molecule has 0 unspecified atom stereocenters. The molecule has 4 rings (SSSR count). The van der Waals surface area contributed by atoms with E-state index in [9.17, 15) is 9.59 Å². The summed E-state index contributed by atoms with van der Waals surface area (Å²) >= 11 is 0. The maximum Gasteiger partial charge on any atom is 0.332 e. The van der Waals surface area contributed by atoms with Crippen LogP contribution >= 0.6 is 12.4 Å². The molecule has 3 heterocycles. The van der Waals surface area contributed by atoms with Crippen LogP contribution in [-0.2, 0) is 20.6 Å². The van der Waals surface area contributed by atoms with Crippen LogP contribution in [0.5, 0.6) is 0 Å². The molecule has 0 amide bonds. The minimum atomic E-state index is -0.342. The molecule has 1 saturated heterocycles. The number of fused-ring (bicyclic) bond motifs is 1. The van der Waals surface area contributed by atoms with E-state index in [1.807, 2.05) is 4.57 Å². The number of rotatable bonds is 7. The first-order valence-electron chi connectivity index (χ1n) is 10.7. The van der Waals surface area contributed by atoms with Crippen LogP contribution in [0.3, 0.4) is 0 Å². The number of hydrogen-bond acceptors (Lipinski definition) is 5. The van der Waals surface area contributed by atoms with Gasteiger partial charge in [-0.1, -0.05) is 24.6 Å². The number of imidazole rings is 1. The van der Waals surface area contributed by atoms with Crippen molar-refractivity contribution >= 4 is 29.3 Å². The average molecular weight is 447 g/mol. The summed E-state index contributed by atoms with van der Waals surface area (Å²) in [5.41, 5.74) is 1.66. The molecule has 0 spiro atoms. The Labute approximate surface area is 188 Å². The van der Waals surface area contributed by atoms with Gasteiger partial charge in [-0.3, -0.25) is 18.8 Å². The topological polar surface area (TPSA) is 68.3 Å². The van der Waals surface area contributed by atoms with Gasteiger partial charge in [-0.15, -0.1) is 12.4 Å². The van der Waals surface area contributed by atoms with Gasteiger partial charge < -0.3 is 9.47 Å². The van der Waals surface area contributed by atoms with Crippen LogP contribution in [0.15, 0.2) is 46.2 Å². The van der Waals surface area contributed by atoms with Crippen LogP contribution in [0.2, 0.25) is 0 Å². The van der Waals surface area contributed by atoms with Crippen molar-refractivity contribution in [2.45, 2.75) is 25.8 Å². The minimum Gasteiger partial charge on any atom is -0.369 e. The highest BCUT2D eigenvalue weighted by Crippen LogP contribution is 2.16. The third-order valence-electron chi connectivity index (χ3n) is 6.08. The van der Waals surface area contributed by atoms with Gasteiger partial charge in [0.05, 0.1) is 6.33 Å². The van der Waals surface area contributed by atoms with Gasteiger partial charge >= 0.3 is 5.69 Å². The molecule has 2 aromatic heterocycles. The number of hydrogen-bond donors (Lipinski definition) is 0. The molecule has 3 aromatic rings. The van der Waals surface area contributed by atoms with E-state index in [0.29, 0.717) is 11.2 Å². The van der Waals surface area contributed by atoms with E-state index in [1.165, 1.54) is 17.3 Å². The first-order valence-corrected chi connectivity index (χ1v) is 10.7. The molecule has 0 bridgehead atoms. The van der Waals surface area contributed by atoms with Crippen LogP contribution in [0, 0.1) is 0 Å². The van der Waals surface area contributed by atoms with E-state index in [2.05, 4.69) is 45.1 Å². The maximum absolute atomic E-state index is 12.5. The number of anilines is 1. The first-order chi connectivity index (χ1) is 14.6. The fraction of sp³-hybridized carbons (Fsp3) is 0.500. The Hall–Kier alpha value is -2.58.